The second-order valence-electron chi connectivity index (χ2n) is 5.62. The number of aryl methyl sites for hydroxylation is 1. The van der Waals surface area contributed by atoms with Crippen LogP contribution in [0.5, 0.6) is 0 Å². The van der Waals surface area contributed by atoms with Crippen LogP contribution >= 0.6 is 0 Å². The van der Waals surface area contributed by atoms with Crippen LogP contribution in [0.1, 0.15) is 22.8 Å². The van der Waals surface area contributed by atoms with Crippen LogP contribution in [0.3, 0.4) is 0 Å². The van der Waals surface area contributed by atoms with Crippen molar-refractivity contribution in [2.75, 3.05) is 26.0 Å². The van der Waals surface area contributed by atoms with Crippen molar-refractivity contribution >= 4 is 17.6 Å². The van der Waals surface area contributed by atoms with E-state index in [1.807, 2.05) is 25.1 Å². The number of benzene rings is 1. The van der Waals surface area contributed by atoms with E-state index >= 15 is 0 Å². The van der Waals surface area contributed by atoms with Gasteiger partial charge in [-0.15, -0.1) is 0 Å². The van der Waals surface area contributed by atoms with E-state index in [9.17, 15) is 9.59 Å². The van der Waals surface area contributed by atoms with Crippen molar-refractivity contribution < 1.29 is 9.59 Å². The molecular weight excluding hydrogens is 306 g/mol. The summed E-state index contributed by atoms with van der Waals surface area (Å²) in [5.41, 5.74) is 2.31. The van der Waals surface area contributed by atoms with Gasteiger partial charge in [0, 0.05) is 38.9 Å². The number of hydrogen-bond donors (Lipinski definition) is 2. The Morgan fingerprint density at radius 3 is 2.75 bits per heavy atom. The van der Waals surface area contributed by atoms with Crippen LogP contribution in [-0.4, -0.2) is 47.3 Å². The smallest absolute Gasteiger partial charge is 0.319 e. The second kappa shape index (κ2) is 8.14. The lowest BCUT2D eigenvalue weighted by Gasteiger charge is -2.11. The monoisotopic (exact) mass is 329 g/mol. The molecule has 7 heteroatoms. The molecule has 1 heterocycles. The lowest BCUT2D eigenvalue weighted by atomic mass is 10.1. The molecule has 2 aromatic rings. The fourth-order valence-corrected chi connectivity index (χ4v) is 2.21. The zero-order chi connectivity index (χ0) is 17.5. The number of hydrogen-bond acceptors (Lipinski definition) is 3. The highest BCUT2D eigenvalue weighted by Crippen LogP contribution is 2.08. The molecule has 0 aliphatic heterocycles. The lowest BCUT2D eigenvalue weighted by Crippen LogP contribution is -2.30. The number of aromatic nitrogens is 2. The maximum Gasteiger partial charge on any atom is 0.319 e. The minimum absolute atomic E-state index is 0.0320. The van der Waals surface area contributed by atoms with Gasteiger partial charge in [0.05, 0.1) is 11.9 Å². The van der Waals surface area contributed by atoms with E-state index in [0.29, 0.717) is 24.2 Å². The van der Waals surface area contributed by atoms with Gasteiger partial charge in [0.1, 0.15) is 0 Å². The summed E-state index contributed by atoms with van der Waals surface area (Å²) in [6, 6.07) is 7.17. The third-order valence-corrected chi connectivity index (χ3v) is 3.49. The van der Waals surface area contributed by atoms with E-state index in [1.165, 1.54) is 0 Å². The third-order valence-electron chi connectivity index (χ3n) is 3.49. The van der Waals surface area contributed by atoms with Crippen LogP contribution in [0, 0.1) is 0 Å². The molecule has 0 radical (unpaired) electrons. The summed E-state index contributed by atoms with van der Waals surface area (Å²) in [6.07, 6.45) is 4.03. The van der Waals surface area contributed by atoms with Gasteiger partial charge in [-0.3, -0.25) is 9.48 Å². The second-order valence-corrected chi connectivity index (χ2v) is 5.62. The minimum atomic E-state index is -0.272. The van der Waals surface area contributed by atoms with Crippen LogP contribution in [0.15, 0.2) is 36.7 Å². The first-order valence-corrected chi connectivity index (χ1v) is 7.87. The van der Waals surface area contributed by atoms with Gasteiger partial charge in [0.2, 0.25) is 0 Å². The topological polar surface area (TPSA) is 79.3 Å². The molecule has 1 aromatic carbocycles. The van der Waals surface area contributed by atoms with Crippen molar-refractivity contribution in [1.82, 2.24) is 20.0 Å². The van der Waals surface area contributed by atoms with Crippen molar-refractivity contribution in [3.8, 4) is 0 Å². The number of carbonyl (C=O) groups is 2. The van der Waals surface area contributed by atoms with Crippen LogP contribution < -0.4 is 10.6 Å². The molecule has 128 valence electrons. The van der Waals surface area contributed by atoms with E-state index in [2.05, 4.69) is 15.7 Å². The fraction of sp³-hybridized carbons (Fsp3) is 0.353. The van der Waals surface area contributed by atoms with Crippen molar-refractivity contribution in [2.24, 2.45) is 0 Å². The Kier molecular flexibility index (Phi) is 5.95. The van der Waals surface area contributed by atoms with Crippen molar-refractivity contribution in [3.05, 3.63) is 47.8 Å². The molecule has 2 rings (SSSR count). The first-order valence-electron chi connectivity index (χ1n) is 7.87. The first-order chi connectivity index (χ1) is 11.5. The molecule has 7 nitrogen and oxygen atoms in total. The molecule has 0 unspecified atom stereocenters. The Hall–Kier alpha value is -2.83. The maximum atomic E-state index is 11.9. The molecule has 0 saturated carbocycles. The van der Waals surface area contributed by atoms with Gasteiger partial charge in [-0.05, 0) is 31.0 Å². The highest BCUT2D eigenvalue weighted by molar-refractivity contribution is 5.94. The van der Waals surface area contributed by atoms with Crippen molar-refractivity contribution in [1.29, 1.82) is 0 Å². The standard InChI is InChI=1S/C17H23N5O2/c1-4-22-12-15(11-19-22)20-17(24)18-9-8-13-6-5-7-14(10-13)16(23)21(2)3/h5-7,10-12H,4,8-9H2,1-3H3,(H2,18,20,24). The van der Waals surface area contributed by atoms with E-state index in [4.69, 9.17) is 0 Å². The first kappa shape index (κ1) is 17.5. The lowest BCUT2D eigenvalue weighted by molar-refractivity contribution is 0.0827. The highest BCUT2D eigenvalue weighted by atomic mass is 16.2. The number of amides is 3. The van der Waals surface area contributed by atoms with E-state index in [1.54, 1.807) is 42.1 Å². The summed E-state index contributed by atoms with van der Waals surface area (Å²) in [4.78, 5) is 25.3. The molecule has 1 aromatic heterocycles. The highest BCUT2D eigenvalue weighted by Gasteiger charge is 2.08. The summed E-state index contributed by atoms with van der Waals surface area (Å²) in [6.45, 7) is 3.21. The van der Waals surface area contributed by atoms with Gasteiger partial charge in [-0.2, -0.15) is 5.10 Å². The number of nitrogens with zero attached hydrogens (tertiary/aromatic N) is 3. The molecule has 2 N–H and O–H groups in total. The predicted octanol–water partition coefficient (Wildman–Crippen LogP) is 1.97. The van der Waals surface area contributed by atoms with Crippen molar-refractivity contribution in [2.45, 2.75) is 19.9 Å². The number of anilines is 1. The Labute approximate surface area is 141 Å². The van der Waals surface area contributed by atoms with Crippen LogP contribution in [-0.2, 0) is 13.0 Å². The van der Waals surface area contributed by atoms with Gasteiger partial charge in [-0.1, -0.05) is 12.1 Å². The zero-order valence-electron chi connectivity index (χ0n) is 14.2. The summed E-state index contributed by atoms with van der Waals surface area (Å²) in [5.74, 6) is -0.0320. The van der Waals surface area contributed by atoms with Crippen LogP contribution in [0.4, 0.5) is 10.5 Å². The third kappa shape index (κ3) is 4.84. The zero-order valence-corrected chi connectivity index (χ0v) is 14.2. The normalized spacial score (nSPS) is 10.3. The van der Waals surface area contributed by atoms with Gasteiger partial charge in [-0.25, -0.2) is 4.79 Å². The van der Waals surface area contributed by atoms with E-state index in [0.717, 1.165) is 12.1 Å². The van der Waals surface area contributed by atoms with E-state index in [-0.39, 0.29) is 11.9 Å². The molecule has 0 aliphatic carbocycles. The molecule has 0 bridgehead atoms. The van der Waals surface area contributed by atoms with Crippen molar-refractivity contribution in [3.63, 3.8) is 0 Å². The summed E-state index contributed by atoms with van der Waals surface area (Å²) in [7, 11) is 3.45. The summed E-state index contributed by atoms with van der Waals surface area (Å²) >= 11 is 0. The summed E-state index contributed by atoms with van der Waals surface area (Å²) < 4.78 is 1.74. The average molecular weight is 329 g/mol. The molecule has 3 amide bonds. The van der Waals surface area contributed by atoms with Gasteiger partial charge in [0.25, 0.3) is 5.91 Å². The molecule has 24 heavy (non-hydrogen) atoms. The Balaban J connectivity index is 1.82. The largest absolute Gasteiger partial charge is 0.345 e. The number of carbonyl (C=O) groups excluding carboxylic acids is 2. The van der Waals surface area contributed by atoms with Crippen LogP contribution in [0.2, 0.25) is 0 Å². The van der Waals surface area contributed by atoms with Gasteiger partial charge < -0.3 is 15.5 Å². The molecule has 0 fully saturated rings. The van der Waals surface area contributed by atoms with Gasteiger partial charge >= 0.3 is 6.03 Å². The van der Waals surface area contributed by atoms with Gasteiger partial charge in [0.15, 0.2) is 0 Å². The SMILES string of the molecule is CCn1cc(NC(=O)NCCc2cccc(C(=O)N(C)C)c2)cn1. The number of rotatable bonds is 6. The Bertz CT molecular complexity index is 709. The molecule has 0 aliphatic rings. The maximum absolute atomic E-state index is 11.9. The summed E-state index contributed by atoms with van der Waals surface area (Å²) in [5, 5.41) is 9.62. The molecule has 0 atom stereocenters. The average Bonchev–Trinajstić information content (AvgIpc) is 3.01. The number of urea groups is 1. The molecule has 0 spiro atoms. The molecule has 0 saturated heterocycles. The fourth-order valence-electron chi connectivity index (χ4n) is 2.21. The van der Waals surface area contributed by atoms with E-state index < -0.39 is 0 Å². The predicted molar refractivity (Wildman–Crippen MR) is 93.1 cm³/mol. The number of nitrogens with one attached hydrogen (secondary N) is 2. The quantitative estimate of drug-likeness (QED) is 0.850. The van der Waals surface area contributed by atoms with Crippen LogP contribution in [0.25, 0.3) is 0 Å². The Morgan fingerprint density at radius 1 is 1.29 bits per heavy atom. The molecular formula is C17H23N5O2. The Morgan fingerprint density at radius 2 is 2.08 bits per heavy atom. The minimum Gasteiger partial charge on any atom is -0.345 e.